The summed E-state index contributed by atoms with van der Waals surface area (Å²) in [5, 5.41) is 4.45. The quantitative estimate of drug-likeness (QED) is 0.649. The first-order valence-electron chi connectivity index (χ1n) is 10.1. The lowest BCUT2D eigenvalue weighted by molar-refractivity contribution is -0.122. The number of aromatic nitrogens is 2. The predicted molar refractivity (Wildman–Crippen MR) is 109 cm³/mol. The van der Waals surface area contributed by atoms with Gasteiger partial charge in [0.05, 0.1) is 11.4 Å². The summed E-state index contributed by atoms with van der Waals surface area (Å²) in [5.41, 5.74) is 4.41. The number of carbonyl (C=O) groups is 1. The smallest absolute Gasteiger partial charge is 0.220 e. The first-order chi connectivity index (χ1) is 13.3. The summed E-state index contributed by atoms with van der Waals surface area (Å²) in [5.74, 6) is 0.195. The molecule has 1 saturated carbocycles. The molecule has 0 unspecified atom stereocenters. The van der Waals surface area contributed by atoms with Gasteiger partial charge in [0.1, 0.15) is 0 Å². The Balaban J connectivity index is 1.45. The van der Waals surface area contributed by atoms with E-state index in [0.717, 1.165) is 42.6 Å². The average Bonchev–Trinajstić information content (AvgIpc) is 3.08. The van der Waals surface area contributed by atoms with Gasteiger partial charge in [0.2, 0.25) is 5.91 Å². The molecule has 3 aromatic rings. The molecule has 1 aromatic carbocycles. The zero-order valence-electron chi connectivity index (χ0n) is 15.7. The van der Waals surface area contributed by atoms with E-state index in [0.29, 0.717) is 12.5 Å². The van der Waals surface area contributed by atoms with Crippen LogP contribution in [0, 0.1) is 0 Å². The molecule has 1 fully saturated rings. The molecule has 1 aliphatic rings. The number of H-pyrrole nitrogens is 1. The van der Waals surface area contributed by atoms with Crippen LogP contribution in [0.4, 0.5) is 0 Å². The van der Waals surface area contributed by atoms with Crippen LogP contribution in [-0.2, 0) is 11.2 Å². The summed E-state index contributed by atoms with van der Waals surface area (Å²) in [6, 6.07) is 14.7. The van der Waals surface area contributed by atoms with Gasteiger partial charge in [-0.1, -0.05) is 43.5 Å². The zero-order valence-corrected chi connectivity index (χ0v) is 15.7. The number of nitrogens with zero attached hydrogens (tertiary/aromatic N) is 1. The molecule has 0 spiro atoms. The van der Waals surface area contributed by atoms with Crippen molar-refractivity contribution in [2.24, 2.45) is 0 Å². The number of para-hydroxylation sites is 1. The zero-order chi connectivity index (χ0) is 18.5. The Labute approximate surface area is 160 Å². The molecule has 0 saturated heterocycles. The van der Waals surface area contributed by atoms with Gasteiger partial charge in [-0.25, -0.2) is 0 Å². The number of amides is 1. The second-order valence-electron chi connectivity index (χ2n) is 7.50. The molecule has 0 aliphatic heterocycles. The fraction of sp³-hybridized carbons (Fsp3) is 0.391. The third-order valence-corrected chi connectivity index (χ3v) is 5.54. The van der Waals surface area contributed by atoms with Crippen LogP contribution in [0.2, 0.25) is 0 Å². The summed E-state index contributed by atoms with van der Waals surface area (Å²) in [6.07, 6.45) is 10.2. The first kappa shape index (κ1) is 17.8. The molecule has 2 aromatic heterocycles. The van der Waals surface area contributed by atoms with Gasteiger partial charge in [-0.15, -0.1) is 0 Å². The highest BCUT2D eigenvalue weighted by atomic mass is 16.1. The SMILES string of the molecule is O=C(CCCc1c(-c2ccccn2)[nH]c2ccccc12)NC1CCCCC1. The fourth-order valence-electron chi connectivity index (χ4n) is 4.16. The number of pyridine rings is 1. The summed E-state index contributed by atoms with van der Waals surface area (Å²) >= 11 is 0. The minimum atomic E-state index is 0.195. The van der Waals surface area contributed by atoms with E-state index in [2.05, 4.69) is 33.5 Å². The Kier molecular flexibility index (Phi) is 5.52. The van der Waals surface area contributed by atoms with E-state index in [1.165, 1.54) is 30.2 Å². The number of nitrogens with one attached hydrogen (secondary N) is 2. The van der Waals surface area contributed by atoms with Crippen molar-refractivity contribution in [1.29, 1.82) is 0 Å². The number of fused-ring (bicyclic) bond motifs is 1. The van der Waals surface area contributed by atoms with Crippen molar-refractivity contribution >= 4 is 16.8 Å². The van der Waals surface area contributed by atoms with Crippen LogP contribution in [-0.4, -0.2) is 21.9 Å². The van der Waals surface area contributed by atoms with Crippen LogP contribution in [0.5, 0.6) is 0 Å². The molecule has 0 atom stereocenters. The Morgan fingerprint density at radius 3 is 2.70 bits per heavy atom. The number of rotatable bonds is 6. The summed E-state index contributed by atoms with van der Waals surface area (Å²) < 4.78 is 0. The summed E-state index contributed by atoms with van der Waals surface area (Å²) in [4.78, 5) is 20.4. The van der Waals surface area contributed by atoms with Crippen molar-refractivity contribution in [3.8, 4) is 11.4 Å². The monoisotopic (exact) mass is 361 g/mol. The van der Waals surface area contributed by atoms with Gasteiger partial charge < -0.3 is 10.3 Å². The van der Waals surface area contributed by atoms with E-state index in [1.807, 2.05) is 30.5 Å². The maximum absolute atomic E-state index is 12.3. The third-order valence-electron chi connectivity index (χ3n) is 5.54. The van der Waals surface area contributed by atoms with E-state index in [1.54, 1.807) is 0 Å². The molecule has 4 rings (SSSR count). The van der Waals surface area contributed by atoms with Gasteiger partial charge in [-0.2, -0.15) is 0 Å². The normalized spacial score (nSPS) is 15.1. The molecule has 1 amide bonds. The second-order valence-corrected chi connectivity index (χ2v) is 7.50. The Morgan fingerprint density at radius 1 is 1.07 bits per heavy atom. The highest BCUT2D eigenvalue weighted by Crippen LogP contribution is 2.30. The van der Waals surface area contributed by atoms with E-state index >= 15 is 0 Å². The minimum Gasteiger partial charge on any atom is -0.353 e. The van der Waals surface area contributed by atoms with Gasteiger partial charge >= 0.3 is 0 Å². The number of benzene rings is 1. The lowest BCUT2D eigenvalue weighted by Gasteiger charge is -2.22. The summed E-state index contributed by atoms with van der Waals surface area (Å²) in [6.45, 7) is 0. The van der Waals surface area contributed by atoms with E-state index in [-0.39, 0.29) is 5.91 Å². The lowest BCUT2D eigenvalue weighted by atomic mass is 9.95. The topological polar surface area (TPSA) is 57.8 Å². The third kappa shape index (κ3) is 4.21. The first-order valence-corrected chi connectivity index (χ1v) is 10.1. The maximum atomic E-state index is 12.3. The average molecular weight is 361 g/mol. The van der Waals surface area contributed by atoms with Gasteiger partial charge in [-0.05, 0) is 49.4 Å². The highest BCUT2D eigenvalue weighted by Gasteiger charge is 2.17. The number of hydrogen-bond donors (Lipinski definition) is 2. The van der Waals surface area contributed by atoms with Crippen molar-refractivity contribution in [3.63, 3.8) is 0 Å². The molecule has 1 aliphatic carbocycles. The number of aryl methyl sites for hydroxylation is 1. The number of hydrogen-bond acceptors (Lipinski definition) is 2. The summed E-state index contributed by atoms with van der Waals surface area (Å²) in [7, 11) is 0. The lowest BCUT2D eigenvalue weighted by Crippen LogP contribution is -2.36. The molecule has 0 bridgehead atoms. The van der Waals surface area contributed by atoms with Crippen molar-refractivity contribution in [1.82, 2.24) is 15.3 Å². The van der Waals surface area contributed by atoms with Gasteiger partial charge in [0.15, 0.2) is 0 Å². The van der Waals surface area contributed by atoms with Crippen LogP contribution in [0.3, 0.4) is 0 Å². The van der Waals surface area contributed by atoms with Gasteiger partial charge in [0.25, 0.3) is 0 Å². The van der Waals surface area contributed by atoms with Crippen LogP contribution in [0.25, 0.3) is 22.3 Å². The van der Waals surface area contributed by atoms with Crippen molar-refractivity contribution < 1.29 is 4.79 Å². The molecular formula is C23H27N3O. The van der Waals surface area contributed by atoms with Crippen LogP contribution in [0.1, 0.15) is 50.5 Å². The molecule has 27 heavy (non-hydrogen) atoms. The molecular weight excluding hydrogens is 334 g/mol. The molecule has 2 N–H and O–H groups in total. The Hall–Kier alpha value is -2.62. The van der Waals surface area contributed by atoms with Crippen molar-refractivity contribution in [2.75, 3.05) is 0 Å². The van der Waals surface area contributed by atoms with E-state index < -0.39 is 0 Å². The predicted octanol–water partition coefficient (Wildman–Crippen LogP) is 5.00. The molecule has 2 heterocycles. The molecule has 4 heteroatoms. The van der Waals surface area contributed by atoms with Crippen LogP contribution < -0.4 is 5.32 Å². The van der Waals surface area contributed by atoms with Gasteiger partial charge in [-0.3, -0.25) is 9.78 Å². The second kappa shape index (κ2) is 8.38. The van der Waals surface area contributed by atoms with Crippen molar-refractivity contribution in [3.05, 3.63) is 54.2 Å². The number of carbonyl (C=O) groups excluding carboxylic acids is 1. The fourth-order valence-corrected chi connectivity index (χ4v) is 4.16. The Bertz CT molecular complexity index is 894. The standard InChI is InChI=1S/C23H27N3O/c27-22(25-17-9-2-1-3-10-17)15-8-12-19-18-11-4-5-13-20(18)26-23(19)21-14-6-7-16-24-21/h4-7,11,13-14,16-17,26H,1-3,8-10,12,15H2,(H,25,27). The van der Waals surface area contributed by atoms with Crippen molar-refractivity contribution in [2.45, 2.75) is 57.4 Å². The molecule has 140 valence electrons. The largest absolute Gasteiger partial charge is 0.353 e. The van der Waals surface area contributed by atoms with E-state index in [4.69, 9.17) is 0 Å². The maximum Gasteiger partial charge on any atom is 0.220 e. The van der Waals surface area contributed by atoms with Gasteiger partial charge in [0, 0.05) is 29.6 Å². The molecule has 4 nitrogen and oxygen atoms in total. The van der Waals surface area contributed by atoms with E-state index in [9.17, 15) is 4.79 Å². The minimum absolute atomic E-state index is 0.195. The molecule has 0 radical (unpaired) electrons. The van der Waals surface area contributed by atoms with Crippen LogP contribution >= 0.6 is 0 Å². The number of aromatic amines is 1. The Morgan fingerprint density at radius 2 is 1.89 bits per heavy atom. The highest BCUT2D eigenvalue weighted by molar-refractivity contribution is 5.90. The van der Waals surface area contributed by atoms with Crippen LogP contribution in [0.15, 0.2) is 48.7 Å².